The van der Waals surface area contributed by atoms with Crippen LogP contribution in [0, 0.1) is 11.7 Å². The highest BCUT2D eigenvalue weighted by Gasteiger charge is 2.37. The first-order chi connectivity index (χ1) is 7.44. The summed E-state index contributed by atoms with van der Waals surface area (Å²) in [4.78, 5) is 0. The van der Waals surface area contributed by atoms with E-state index in [1.165, 1.54) is 0 Å². The number of hydrogen-bond acceptors (Lipinski definition) is 1. The van der Waals surface area contributed by atoms with Crippen LogP contribution in [0.15, 0.2) is 16.6 Å². The molecule has 0 radical (unpaired) electrons. The molecule has 0 amide bonds. The highest BCUT2D eigenvalue weighted by Crippen LogP contribution is 2.42. The molecule has 1 nitrogen and oxygen atoms in total. The van der Waals surface area contributed by atoms with Gasteiger partial charge in [0.15, 0.2) is 0 Å². The summed E-state index contributed by atoms with van der Waals surface area (Å²) >= 11 is 9.09. The van der Waals surface area contributed by atoms with E-state index in [2.05, 4.69) is 22.9 Å². The number of rotatable bonds is 1. The topological polar surface area (TPSA) is 26.0 Å². The smallest absolute Gasteiger partial charge is 0.147 e. The molecular weight excluding hydrogens is 292 g/mol. The van der Waals surface area contributed by atoms with Crippen molar-refractivity contribution >= 4 is 27.5 Å². The minimum absolute atomic E-state index is 0.127. The second-order valence-electron chi connectivity index (χ2n) is 4.73. The molecule has 0 aromatic heterocycles. The van der Waals surface area contributed by atoms with Crippen molar-refractivity contribution in [3.05, 3.63) is 33.0 Å². The molecule has 88 valence electrons. The minimum Gasteiger partial charge on any atom is -0.321 e. The van der Waals surface area contributed by atoms with Crippen molar-refractivity contribution in [2.45, 2.75) is 31.7 Å². The van der Waals surface area contributed by atoms with E-state index < -0.39 is 5.54 Å². The van der Waals surface area contributed by atoms with E-state index in [1.54, 1.807) is 12.1 Å². The van der Waals surface area contributed by atoms with Gasteiger partial charge in [0.25, 0.3) is 0 Å². The maximum Gasteiger partial charge on any atom is 0.147 e. The average Bonchev–Trinajstić information content (AvgIpc) is 2.56. The fraction of sp³-hybridized carbons (Fsp3) is 0.500. The first-order valence-electron chi connectivity index (χ1n) is 5.37. The van der Waals surface area contributed by atoms with Crippen LogP contribution in [0.5, 0.6) is 0 Å². The molecule has 1 aromatic carbocycles. The molecule has 1 saturated carbocycles. The summed E-state index contributed by atoms with van der Waals surface area (Å²) in [5.74, 6) is 0.166. The molecule has 2 N–H and O–H groups in total. The molecular formula is C12H14BrClFN. The van der Waals surface area contributed by atoms with Crippen molar-refractivity contribution in [1.29, 1.82) is 0 Å². The quantitative estimate of drug-likeness (QED) is 0.773. The highest BCUT2D eigenvalue weighted by molar-refractivity contribution is 9.10. The molecule has 16 heavy (non-hydrogen) atoms. The van der Waals surface area contributed by atoms with Gasteiger partial charge in [-0.1, -0.05) is 24.6 Å². The lowest BCUT2D eigenvalue weighted by Crippen LogP contribution is -2.34. The molecule has 0 bridgehead atoms. The SMILES string of the molecule is CC1CCC(N)(c2ccc(Br)c(Cl)c2F)C1. The Labute approximate surface area is 108 Å². The summed E-state index contributed by atoms with van der Waals surface area (Å²) in [6, 6.07) is 3.50. The maximum atomic E-state index is 14.0. The van der Waals surface area contributed by atoms with Crippen LogP contribution in [0.2, 0.25) is 5.02 Å². The molecule has 2 atom stereocenters. The van der Waals surface area contributed by atoms with Crippen molar-refractivity contribution in [2.75, 3.05) is 0 Å². The molecule has 0 aliphatic heterocycles. The summed E-state index contributed by atoms with van der Waals surface area (Å²) in [5.41, 5.74) is 6.28. The van der Waals surface area contributed by atoms with Gasteiger partial charge in [0.1, 0.15) is 5.82 Å². The Hall–Kier alpha value is -0.120. The third-order valence-electron chi connectivity index (χ3n) is 3.37. The Morgan fingerprint density at radius 2 is 2.25 bits per heavy atom. The van der Waals surface area contributed by atoms with E-state index >= 15 is 0 Å². The summed E-state index contributed by atoms with van der Waals surface area (Å²) in [6.45, 7) is 2.15. The number of halogens is 3. The lowest BCUT2D eigenvalue weighted by molar-refractivity contribution is 0.417. The van der Waals surface area contributed by atoms with Crippen LogP contribution in [0.3, 0.4) is 0 Å². The van der Waals surface area contributed by atoms with Gasteiger partial charge in [0.2, 0.25) is 0 Å². The molecule has 4 heteroatoms. The van der Waals surface area contributed by atoms with E-state index in [-0.39, 0.29) is 10.8 Å². The van der Waals surface area contributed by atoms with Crippen molar-refractivity contribution in [3.8, 4) is 0 Å². The zero-order chi connectivity index (χ0) is 11.9. The normalized spacial score (nSPS) is 29.7. The second-order valence-corrected chi connectivity index (χ2v) is 5.96. The minimum atomic E-state index is -0.548. The van der Waals surface area contributed by atoms with Crippen LogP contribution in [0.25, 0.3) is 0 Å². The monoisotopic (exact) mass is 305 g/mol. The van der Waals surface area contributed by atoms with E-state index in [9.17, 15) is 4.39 Å². The third kappa shape index (κ3) is 2.01. The lowest BCUT2D eigenvalue weighted by atomic mass is 9.88. The first-order valence-corrected chi connectivity index (χ1v) is 6.54. The van der Waals surface area contributed by atoms with Gasteiger partial charge in [-0.15, -0.1) is 0 Å². The van der Waals surface area contributed by atoms with Crippen molar-refractivity contribution in [3.63, 3.8) is 0 Å². The van der Waals surface area contributed by atoms with Gasteiger partial charge in [0, 0.05) is 15.6 Å². The standard InChI is InChI=1S/C12H14BrClFN/c1-7-4-5-12(16,6-7)8-2-3-9(13)10(14)11(8)15/h2-3,7H,4-6,16H2,1H3. The zero-order valence-corrected chi connectivity index (χ0v) is 11.4. The highest BCUT2D eigenvalue weighted by atomic mass is 79.9. The summed E-state index contributed by atoms with van der Waals surface area (Å²) in [7, 11) is 0. The van der Waals surface area contributed by atoms with Gasteiger partial charge in [-0.2, -0.15) is 0 Å². The third-order valence-corrected chi connectivity index (χ3v) is 4.63. The van der Waals surface area contributed by atoms with Crippen molar-refractivity contribution in [1.82, 2.24) is 0 Å². The van der Waals surface area contributed by atoms with Crippen LogP contribution >= 0.6 is 27.5 Å². The Kier molecular flexibility index (Phi) is 3.30. The molecule has 0 heterocycles. The largest absolute Gasteiger partial charge is 0.321 e. The van der Waals surface area contributed by atoms with Gasteiger partial charge in [0.05, 0.1) is 5.02 Å². The predicted molar refractivity (Wildman–Crippen MR) is 68.0 cm³/mol. The second kappa shape index (κ2) is 4.28. The first kappa shape index (κ1) is 12.3. The molecule has 0 spiro atoms. The Morgan fingerprint density at radius 3 is 2.81 bits per heavy atom. The Morgan fingerprint density at radius 1 is 1.56 bits per heavy atom. The van der Waals surface area contributed by atoms with Gasteiger partial charge >= 0.3 is 0 Å². The molecule has 1 fully saturated rings. The van der Waals surface area contributed by atoms with Gasteiger partial charge in [-0.25, -0.2) is 4.39 Å². The molecule has 1 aliphatic carbocycles. The lowest BCUT2D eigenvalue weighted by Gasteiger charge is -2.25. The van der Waals surface area contributed by atoms with Crippen molar-refractivity contribution < 1.29 is 4.39 Å². The number of nitrogens with two attached hydrogens (primary N) is 1. The van der Waals surface area contributed by atoms with Crippen LogP contribution < -0.4 is 5.73 Å². The predicted octanol–water partition coefficient (Wildman–Crippen LogP) is 4.22. The number of hydrogen-bond donors (Lipinski definition) is 1. The Bertz CT molecular complexity index is 424. The molecule has 1 aliphatic rings. The maximum absolute atomic E-state index is 14.0. The van der Waals surface area contributed by atoms with E-state index in [0.29, 0.717) is 16.0 Å². The molecule has 1 aromatic rings. The fourth-order valence-corrected chi connectivity index (χ4v) is 2.96. The van der Waals surface area contributed by atoms with Crippen molar-refractivity contribution in [2.24, 2.45) is 11.7 Å². The summed E-state index contributed by atoms with van der Waals surface area (Å²) in [5, 5.41) is 0.127. The van der Waals surface area contributed by atoms with Crippen LogP contribution in [-0.2, 0) is 5.54 Å². The van der Waals surface area contributed by atoms with Crippen LogP contribution in [0.4, 0.5) is 4.39 Å². The van der Waals surface area contributed by atoms with Crippen LogP contribution in [0.1, 0.15) is 31.7 Å². The summed E-state index contributed by atoms with van der Waals surface area (Å²) < 4.78 is 14.6. The van der Waals surface area contributed by atoms with Gasteiger partial charge in [-0.05, 0) is 47.2 Å². The van der Waals surface area contributed by atoms with Crippen LogP contribution in [-0.4, -0.2) is 0 Å². The fourth-order valence-electron chi connectivity index (χ4n) is 2.48. The number of benzene rings is 1. The zero-order valence-electron chi connectivity index (χ0n) is 9.06. The molecule has 2 rings (SSSR count). The van der Waals surface area contributed by atoms with E-state index in [1.807, 2.05) is 0 Å². The molecule has 2 unspecified atom stereocenters. The molecule has 0 saturated heterocycles. The van der Waals surface area contributed by atoms with E-state index in [4.69, 9.17) is 17.3 Å². The average molecular weight is 307 g/mol. The van der Waals surface area contributed by atoms with Gasteiger partial charge < -0.3 is 5.73 Å². The Balaban J connectivity index is 2.45. The van der Waals surface area contributed by atoms with Gasteiger partial charge in [-0.3, -0.25) is 0 Å². The van der Waals surface area contributed by atoms with E-state index in [0.717, 1.165) is 19.3 Å². The summed E-state index contributed by atoms with van der Waals surface area (Å²) in [6.07, 6.45) is 2.69.